The van der Waals surface area contributed by atoms with E-state index < -0.39 is 11.7 Å². The second-order valence-corrected chi connectivity index (χ2v) is 5.83. The van der Waals surface area contributed by atoms with Crippen LogP contribution in [-0.2, 0) is 11.2 Å². The van der Waals surface area contributed by atoms with Crippen molar-refractivity contribution in [3.63, 3.8) is 0 Å². The number of carbonyl (C=O) groups excluding carboxylic acids is 1. The molecule has 1 aromatic carbocycles. The van der Waals surface area contributed by atoms with E-state index in [-0.39, 0.29) is 0 Å². The van der Waals surface area contributed by atoms with Gasteiger partial charge in [0.1, 0.15) is 5.60 Å². The van der Waals surface area contributed by atoms with Crippen LogP contribution in [0.1, 0.15) is 32.8 Å². The van der Waals surface area contributed by atoms with Crippen molar-refractivity contribution in [2.24, 2.45) is 0 Å². The highest BCUT2D eigenvalue weighted by atomic mass is 35.5. The lowest BCUT2D eigenvalue weighted by molar-refractivity contribution is 0.0532. The summed E-state index contributed by atoms with van der Waals surface area (Å²) in [6, 6.07) is 10.2. The van der Waals surface area contributed by atoms with Crippen LogP contribution in [0, 0.1) is 0 Å². The first-order valence-corrected chi connectivity index (χ1v) is 7.13. The van der Waals surface area contributed by atoms with Gasteiger partial charge in [0.25, 0.3) is 0 Å². The fourth-order valence-corrected chi connectivity index (χ4v) is 1.82. The standard InChI is InChI=1S/C16H22ClNO2/c1-16(2,3)20-15(19)18-12-14(11-17)10-9-13-7-5-4-6-8-13/h4-8,11H,9-10,12H2,1-3H3,(H,18,19). The molecule has 1 aromatic rings. The number of nitrogens with one attached hydrogen (secondary N) is 1. The van der Waals surface area contributed by atoms with Crippen LogP contribution in [0.25, 0.3) is 0 Å². The van der Waals surface area contributed by atoms with Gasteiger partial charge in [-0.1, -0.05) is 41.9 Å². The van der Waals surface area contributed by atoms with Crippen molar-refractivity contribution in [2.75, 3.05) is 6.54 Å². The first kappa shape index (κ1) is 16.6. The molecule has 0 unspecified atom stereocenters. The average Bonchev–Trinajstić information content (AvgIpc) is 2.38. The lowest BCUT2D eigenvalue weighted by atomic mass is 10.1. The third-order valence-electron chi connectivity index (χ3n) is 2.59. The van der Waals surface area contributed by atoms with Gasteiger partial charge in [0, 0.05) is 12.1 Å². The van der Waals surface area contributed by atoms with Crippen LogP contribution in [0.2, 0.25) is 0 Å². The van der Waals surface area contributed by atoms with E-state index in [1.165, 1.54) is 11.1 Å². The summed E-state index contributed by atoms with van der Waals surface area (Å²) in [6.07, 6.45) is 1.28. The summed E-state index contributed by atoms with van der Waals surface area (Å²) >= 11 is 5.80. The zero-order chi connectivity index (χ0) is 15.0. The largest absolute Gasteiger partial charge is 0.444 e. The fraction of sp³-hybridized carbons (Fsp3) is 0.438. The zero-order valence-electron chi connectivity index (χ0n) is 12.3. The third-order valence-corrected chi connectivity index (χ3v) is 2.90. The van der Waals surface area contributed by atoms with E-state index >= 15 is 0 Å². The minimum absolute atomic E-state index is 0.408. The van der Waals surface area contributed by atoms with E-state index in [9.17, 15) is 4.79 Å². The van der Waals surface area contributed by atoms with Crippen molar-refractivity contribution in [3.8, 4) is 0 Å². The lowest BCUT2D eigenvalue weighted by Gasteiger charge is -2.20. The molecule has 0 atom stereocenters. The second-order valence-electron chi connectivity index (χ2n) is 5.61. The number of ether oxygens (including phenoxy) is 1. The van der Waals surface area contributed by atoms with Gasteiger partial charge in [-0.3, -0.25) is 0 Å². The zero-order valence-corrected chi connectivity index (χ0v) is 13.0. The van der Waals surface area contributed by atoms with E-state index in [0.717, 1.165) is 18.4 Å². The topological polar surface area (TPSA) is 38.3 Å². The molecule has 20 heavy (non-hydrogen) atoms. The number of aryl methyl sites for hydroxylation is 1. The van der Waals surface area contributed by atoms with Gasteiger partial charge in [0.05, 0.1) is 0 Å². The van der Waals surface area contributed by atoms with Crippen LogP contribution in [0.15, 0.2) is 41.4 Å². The van der Waals surface area contributed by atoms with Gasteiger partial charge in [0.2, 0.25) is 0 Å². The molecule has 0 spiro atoms. The molecule has 0 aliphatic carbocycles. The Morgan fingerprint density at radius 2 is 1.95 bits per heavy atom. The molecule has 0 radical (unpaired) electrons. The normalized spacial score (nSPS) is 12.1. The molecule has 4 heteroatoms. The number of rotatable bonds is 5. The number of amides is 1. The van der Waals surface area contributed by atoms with Crippen molar-refractivity contribution < 1.29 is 9.53 Å². The maximum absolute atomic E-state index is 11.5. The summed E-state index contributed by atoms with van der Waals surface area (Å²) in [6.45, 7) is 5.91. The van der Waals surface area contributed by atoms with Crippen molar-refractivity contribution in [3.05, 3.63) is 47.0 Å². The SMILES string of the molecule is CC(C)(C)OC(=O)NCC(=CCl)CCc1ccccc1. The molecule has 0 fully saturated rings. The number of hydrogen-bond acceptors (Lipinski definition) is 2. The van der Waals surface area contributed by atoms with Gasteiger partial charge >= 0.3 is 6.09 Å². The summed E-state index contributed by atoms with van der Waals surface area (Å²) in [4.78, 5) is 11.5. The van der Waals surface area contributed by atoms with E-state index in [1.807, 2.05) is 39.0 Å². The van der Waals surface area contributed by atoms with Crippen molar-refractivity contribution in [1.82, 2.24) is 5.32 Å². The Labute approximate surface area is 126 Å². The Morgan fingerprint density at radius 1 is 1.30 bits per heavy atom. The summed E-state index contributed by atoms with van der Waals surface area (Å²) in [7, 11) is 0. The van der Waals surface area contributed by atoms with Crippen LogP contribution < -0.4 is 5.32 Å². The van der Waals surface area contributed by atoms with Gasteiger partial charge in [-0.15, -0.1) is 0 Å². The molecule has 0 aliphatic heterocycles. The number of hydrogen-bond donors (Lipinski definition) is 1. The molecule has 0 aliphatic rings. The molecule has 3 nitrogen and oxygen atoms in total. The number of halogens is 1. The van der Waals surface area contributed by atoms with Crippen LogP contribution in [-0.4, -0.2) is 18.2 Å². The number of benzene rings is 1. The molecule has 0 saturated carbocycles. The molecule has 1 N–H and O–H groups in total. The van der Waals surface area contributed by atoms with Crippen LogP contribution in [0.4, 0.5) is 4.79 Å². The maximum Gasteiger partial charge on any atom is 0.407 e. The van der Waals surface area contributed by atoms with Crippen LogP contribution in [0.3, 0.4) is 0 Å². The number of alkyl carbamates (subject to hydrolysis) is 1. The molecular formula is C16H22ClNO2. The van der Waals surface area contributed by atoms with Crippen LogP contribution in [0.5, 0.6) is 0 Å². The lowest BCUT2D eigenvalue weighted by Crippen LogP contribution is -2.33. The predicted octanol–water partition coefficient (Wildman–Crippen LogP) is 4.27. The Morgan fingerprint density at radius 3 is 2.50 bits per heavy atom. The molecule has 0 heterocycles. The molecule has 1 amide bonds. The highest BCUT2D eigenvalue weighted by Gasteiger charge is 2.15. The van der Waals surface area contributed by atoms with Gasteiger partial charge in [-0.25, -0.2) is 4.79 Å². The third kappa shape index (κ3) is 7.19. The Kier molecular flexibility index (Phi) is 6.59. The quantitative estimate of drug-likeness (QED) is 0.881. The highest BCUT2D eigenvalue weighted by Crippen LogP contribution is 2.10. The van der Waals surface area contributed by atoms with Crippen molar-refractivity contribution in [2.45, 2.75) is 39.2 Å². The molecule has 0 aromatic heterocycles. The maximum atomic E-state index is 11.5. The monoisotopic (exact) mass is 295 g/mol. The highest BCUT2D eigenvalue weighted by molar-refractivity contribution is 6.25. The fourth-order valence-electron chi connectivity index (χ4n) is 1.63. The summed E-state index contributed by atoms with van der Waals surface area (Å²) in [5, 5.41) is 2.71. The predicted molar refractivity (Wildman–Crippen MR) is 82.9 cm³/mol. The van der Waals surface area contributed by atoms with E-state index in [4.69, 9.17) is 16.3 Å². The van der Waals surface area contributed by atoms with Crippen molar-refractivity contribution in [1.29, 1.82) is 0 Å². The first-order valence-electron chi connectivity index (χ1n) is 6.69. The van der Waals surface area contributed by atoms with E-state index in [1.54, 1.807) is 0 Å². The summed E-state index contributed by atoms with van der Waals surface area (Å²) < 4.78 is 5.18. The smallest absolute Gasteiger partial charge is 0.407 e. The van der Waals surface area contributed by atoms with Gasteiger partial charge in [-0.05, 0) is 44.7 Å². The summed E-state index contributed by atoms with van der Waals surface area (Å²) in [5.41, 5.74) is 3.27. The van der Waals surface area contributed by atoms with E-state index in [2.05, 4.69) is 17.4 Å². The van der Waals surface area contributed by atoms with Crippen molar-refractivity contribution >= 4 is 17.7 Å². The Balaban J connectivity index is 2.36. The first-order chi connectivity index (χ1) is 9.40. The molecule has 1 rings (SSSR count). The minimum Gasteiger partial charge on any atom is -0.444 e. The summed E-state index contributed by atoms with van der Waals surface area (Å²) in [5.74, 6) is 0. The van der Waals surface area contributed by atoms with E-state index in [0.29, 0.717) is 6.54 Å². The van der Waals surface area contributed by atoms with Gasteiger partial charge in [-0.2, -0.15) is 0 Å². The molecule has 0 saturated heterocycles. The Bertz CT molecular complexity index is 449. The second kappa shape index (κ2) is 7.95. The van der Waals surface area contributed by atoms with Gasteiger partial charge < -0.3 is 10.1 Å². The molecule has 0 bridgehead atoms. The number of carbonyl (C=O) groups is 1. The molecular weight excluding hydrogens is 274 g/mol. The van der Waals surface area contributed by atoms with Crippen LogP contribution >= 0.6 is 11.6 Å². The Hall–Kier alpha value is -1.48. The average molecular weight is 296 g/mol. The minimum atomic E-state index is -0.487. The molecule has 110 valence electrons. The van der Waals surface area contributed by atoms with Gasteiger partial charge in [0.15, 0.2) is 0 Å².